The van der Waals surface area contributed by atoms with Gasteiger partial charge in [-0.3, -0.25) is 0 Å². The zero-order chi connectivity index (χ0) is 13.5. The van der Waals surface area contributed by atoms with Crippen LogP contribution in [0.4, 0.5) is 4.39 Å². The normalized spacial score (nSPS) is 13.3. The highest BCUT2D eigenvalue weighted by atomic mass is 19.1. The third-order valence-electron chi connectivity index (χ3n) is 3.14. The van der Waals surface area contributed by atoms with Gasteiger partial charge in [0.15, 0.2) is 0 Å². The Kier molecular flexibility index (Phi) is 6.30. The van der Waals surface area contributed by atoms with Gasteiger partial charge in [0.05, 0.1) is 0 Å². The number of nitrogens with zero attached hydrogens (tertiary/aromatic N) is 1. The van der Waals surface area contributed by atoms with Gasteiger partial charge in [0, 0.05) is 24.7 Å². The lowest BCUT2D eigenvalue weighted by molar-refractivity contribution is 0.230. The lowest BCUT2D eigenvalue weighted by Crippen LogP contribution is -2.36. The van der Waals surface area contributed by atoms with E-state index < -0.39 is 0 Å². The van der Waals surface area contributed by atoms with Crippen molar-refractivity contribution in [3.8, 4) is 0 Å². The summed E-state index contributed by atoms with van der Waals surface area (Å²) in [5.74, 6) is 0.500. The van der Waals surface area contributed by atoms with E-state index in [4.69, 9.17) is 0 Å². The van der Waals surface area contributed by atoms with Crippen LogP contribution in [-0.2, 0) is 0 Å². The van der Waals surface area contributed by atoms with Crippen LogP contribution in [0.3, 0.4) is 0 Å². The maximum Gasteiger partial charge on any atom is 0.128 e. The molecule has 0 heterocycles. The SMILES string of the molecule is CCN(CC(C)C)CC(NC)c1ccccc1F. The van der Waals surface area contributed by atoms with Crippen LogP contribution in [0.25, 0.3) is 0 Å². The summed E-state index contributed by atoms with van der Waals surface area (Å²) in [4.78, 5) is 2.36. The fourth-order valence-corrected chi connectivity index (χ4v) is 2.21. The summed E-state index contributed by atoms with van der Waals surface area (Å²) in [6.45, 7) is 9.44. The van der Waals surface area contributed by atoms with Gasteiger partial charge in [0.25, 0.3) is 0 Å². The van der Waals surface area contributed by atoms with Crippen LogP contribution in [0.1, 0.15) is 32.4 Å². The first-order valence-corrected chi connectivity index (χ1v) is 6.72. The molecule has 1 N–H and O–H groups in total. The molecule has 0 aliphatic rings. The van der Waals surface area contributed by atoms with E-state index in [1.54, 1.807) is 6.07 Å². The van der Waals surface area contributed by atoms with Crippen LogP contribution in [-0.4, -0.2) is 31.6 Å². The second-order valence-corrected chi connectivity index (χ2v) is 5.11. The second kappa shape index (κ2) is 7.49. The summed E-state index contributed by atoms with van der Waals surface area (Å²) >= 11 is 0. The minimum Gasteiger partial charge on any atom is -0.312 e. The summed E-state index contributed by atoms with van der Waals surface area (Å²) in [5.41, 5.74) is 0.752. The first-order chi connectivity index (χ1) is 8.58. The van der Waals surface area contributed by atoms with Gasteiger partial charge in [-0.05, 0) is 25.6 Å². The van der Waals surface area contributed by atoms with E-state index in [0.717, 1.165) is 25.2 Å². The van der Waals surface area contributed by atoms with Crippen LogP contribution in [0, 0.1) is 11.7 Å². The average Bonchev–Trinajstić information content (AvgIpc) is 2.35. The molecule has 0 saturated carbocycles. The van der Waals surface area contributed by atoms with Gasteiger partial charge >= 0.3 is 0 Å². The second-order valence-electron chi connectivity index (χ2n) is 5.11. The van der Waals surface area contributed by atoms with Crippen molar-refractivity contribution in [1.82, 2.24) is 10.2 Å². The largest absolute Gasteiger partial charge is 0.312 e. The van der Waals surface area contributed by atoms with E-state index in [1.807, 2.05) is 19.2 Å². The molecule has 0 aromatic heterocycles. The Morgan fingerprint density at radius 2 is 1.89 bits per heavy atom. The predicted octanol–water partition coefficient (Wildman–Crippen LogP) is 3.06. The molecular formula is C15H25FN2. The van der Waals surface area contributed by atoms with E-state index in [-0.39, 0.29) is 11.9 Å². The fraction of sp³-hybridized carbons (Fsp3) is 0.600. The Morgan fingerprint density at radius 1 is 1.22 bits per heavy atom. The molecule has 102 valence electrons. The fourth-order valence-electron chi connectivity index (χ4n) is 2.21. The van der Waals surface area contributed by atoms with Gasteiger partial charge in [-0.2, -0.15) is 0 Å². The van der Waals surface area contributed by atoms with Crippen molar-refractivity contribution in [1.29, 1.82) is 0 Å². The zero-order valence-electron chi connectivity index (χ0n) is 11.9. The molecular weight excluding hydrogens is 227 g/mol. The minimum atomic E-state index is -0.127. The van der Waals surface area contributed by atoms with E-state index in [0.29, 0.717) is 5.92 Å². The quantitative estimate of drug-likeness (QED) is 0.802. The first kappa shape index (κ1) is 15.1. The smallest absolute Gasteiger partial charge is 0.128 e. The maximum atomic E-state index is 13.8. The Balaban J connectivity index is 2.75. The number of likely N-dealkylation sites (N-methyl/N-ethyl adjacent to an activating group) is 2. The molecule has 0 saturated heterocycles. The average molecular weight is 252 g/mol. The van der Waals surface area contributed by atoms with E-state index in [2.05, 4.69) is 31.0 Å². The van der Waals surface area contributed by atoms with Crippen molar-refractivity contribution in [2.45, 2.75) is 26.8 Å². The number of hydrogen-bond donors (Lipinski definition) is 1. The lowest BCUT2D eigenvalue weighted by Gasteiger charge is -2.28. The minimum absolute atomic E-state index is 0.0462. The Hall–Kier alpha value is -0.930. The van der Waals surface area contributed by atoms with Gasteiger partial charge < -0.3 is 10.2 Å². The van der Waals surface area contributed by atoms with Crippen LogP contribution < -0.4 is 5.32 Å². The Morgan fingerprint density at radius 3 is 2.39 bits per heavy atom. The number of halogens is 1. The molecule has 0 bridgehead atoms. The van der Waals surface area contributed by atoms with Crippen LogP contribution in [0.5, 0.6) is 0 Å². The van der Waals surface area contributed by atoms with Gasteiger partial charge in [-0.15, -0.1) is 0 Å². The molecule has 0 amide bonds. The third kappa shape index (κ3) is 4.39. The number of hydrogen-bond acceptors (Lipinski definition) is 2. The molecule has 0 aliphatic heterocycles. The van der Waals surface area contributed by atoms with Crippen LogP contribution in [0.15, 0.2) is 24.3 Å². The van der Waals surface area contributed by atoms with Crippen molar-refractivity contribution >= 4 is 0 Å². The highest BCUT2D eigenvalue weighted by Crippen LogP contribution is 2.18. The van der Waals surface area contributed by atoms with E-state index in [9.17, 15) is 4.39 Å². The molecule has 18 heavy (non-hydrogen) atoms. The molecule has 1 rings (SSSR count). The third-order valence-corrected chi connectivity index (χ3v) is 3.14. The topological polar surface area (TPSA) is 15.3 Å². The van der Waals surface area contributed by atoms with Gasteiger partial charge in [-0.1, -0.05) is 39.0 Å². The highest BCUT2D eigenvalue weighted by molar-refractivity contribution is 5.21. The summed E-state index contributed by atoms with van der Waals surface area (Å²) in [6, 6.07) is 7.06. The van der Waals surface area contributed by atoms with Gasteiger partial charge in [0.2, 0.25) is 0 Å². The number of rotatable bonds is 7. The van der Waals surface area contributed by atoms with Crippen LogP contribution >= 0.6 is 0 Å². The standard InChI is InChI=1S/C15H25FN2/c1-5-18(10-12(2)3)11-15(17-4)13-8-6-7-9-14(13)16/h6-9,12,15,17H,5,10-11H2,1-4H3. The van der Waals surface area contributed by atoms with Gasteiger partial charge in [-0.25, -0.2) is 4.39 Å². The van der Waals surface area contributed by atoms with Crippen molar-refractivity contribution in [2.75, 3.05) is 26.7 Å². The van der Waals surface area contributed by atoms with E-state index in [1.165, 1.54) is 6.07 Å². The summed E-state index contributed by atoms with van der Waals surface area (Å²) in [7, 11) is 1.89. The van der Waals surface area contributed by atoms with Crippen molar-refractivity contribution in [2.24, 2.45) is 5.92 Å². The van der Waals surface area contributed by atoms with Crippen molar-refractivity contribution in [3.05, 3.63) is 35.6 Å². The molecule has 0 radical (unpaired) electrons. The van der Waals surface area contributed by atoms with Gasteiger partial charge in [0.1, 0.15) is 5.82 Å². The lowest BCUT2D eigenvalue weighted by atomic mass is 10.1. The van der Waals surface area contributed by atoms with Crippen molar-refractivity contribution in [3.63, 3.8) is 0 Å². The summed E-state index contributed by atoms with van der Waals surface area (Å²) < 4.78 is 13.8. The molecule has 1 aromatic carbocycles. The molecule has 1 unspecified atom stereocenters. The zero-order valence-corrected chi connectivity index (χ0v) is 11.9. The highest BCUT2D eigenvalue weighted by Gasteiger charge is 2.17. The first-order valence-electron chi connectivity index (χ1n) is 6.72. The summed E-state index contributed by atoms with van der Waals surface area (Å²) in [6.07, 6.45) is 0. The Bertz CT molecular complexity index is 352. The number of nitrogens with one attached hydrogen (secondary N) is 1. The van der Waals surface area contributed by atoms with E-state index >= 15 is 0 Å². The summed E-state index contributed by atoms with van der Waals surface area (Å²) in [5, 5.41) is 3.22. The molecule has 1 aromatic rings. The molecule has 0 aliphatic carbocycles. The maximum absolute atomic E-state index is 13.8. The number of benzene rings is 1. The molecule has 2 nitrogen and oxygen atoms in total. The van der Waals surface area contributed by atoms with Crippen molar-refractivity contribution < 1.29 is 4.39 Å². The Labute approximate surface area is 110 Å². The molecule has 0 spiro atoms. The molecule has 3 heteroatoms. The predicted molar refractivity (Wildman–Crippen MR) is 75.2 cm³/mol. The van der Waals surface area contributed by atoms with Crippen LogP contribution in [0.2, 0.25) is 0 Å². The monoisotopic (exact) mass is 252 g/mol. The molecule has 0 fully saturated rings. The molecule has 1 atom stereocenters.